The Hall–Kier alpha value is -3.22. The van der Waals surface area contributed by atoms with Crippen LogP contribution in [0.1, 0.15) is 20.7 Å². The van der Waals surface area contributed by atoms with E-state index in [1.54, 1.807) is 60.5 Å². The first-order valence-electron chi connectivity index (χ1n) is 8.76. The summed E-state index contributed by atoms with van der Waals surface area (Å²) in [6.45, 7) is 0. The predicted octanol–water partition coefficient (Wildman–Crippen LogP) is 4.74. The first kappa shape index (κ1) is 20.5. The Morgan fingerprint density at radius 2 is 1.52 bits per heavy atom. The number of amides is 2. The van der Waals surface area contributed by atoms with Crippen molar-refractivity contribution >= 4 is 52.1 Å². The van der Waals surface area contributed by atoms with Gasteiger partial charge in [-0.15, -0.1) is 0 Å². The number of nitrogens with zero attached hydrogens (tertiary/aromatic N) is 1. The van der Waals surface area contributed by atoms with Crippen molar-refractivity contribution in [2.75, 3.05) is 17.3 Å². The van der Waals surface area contributed by atoms with E-state index >= 15 is 0 Å². The lowest BCUT2D eigenvalue weighted by Crippen LogP contribution is -2.34. The van der Waals surface area contributed by atoms with E-state index in [0.717, 1.165) is 5.69 Å². The number of nitrogens with one attached hydrogen (secondary N) is 2. The average molecular weight is 424 g/mol. The molecule has 0 aliphatic rings. The molecule has 2 N–H and O–H groups in total. The number of carbonyl (C=O) groups is 2. The quantitative estimate of drug-likeness (QED) is 0.595. The number of thiocarbonyl (C=S) groups is 1. The third-order valence-electron chi connectivity index (χ3n) is 4.18. The Bertz CT molecular complexity index is 1040. The van der Waals surface area contributed by atoms with Gasteiger partial charge in [0, 0.05) is 24.0 Å². The summed E-state index contributed by atoms with van der Waals surface area (Å²) in [7, 11) is 1.73. The van der Waals surface area contributed by atoms with Gasteiger partial charge in [0.15, 0.2) is 5.11 Å². The lowest BCUT2D eigenvalue weighted by molar-refractivity contribution is 0.0974. The number of rotatable bonds is 4. The number of anilines is 2. The summed E-state index contributed by atoms with van der Waals surface area (Å²) in [4.78, 5) is 26.4. The van der Waals surface area contributed by atoms with Crippen molar-refractivity contribution in [1.82, 2.24) is 5.32 Å². The molecule has 0 aliphatic heterocycles. The van der Waals surface area contributed by atoms with Crippen LogP contribution in [0.3, 0.4) is 0 Å². The summed E-state index contributed by atoms with van der Waals surface area (Å²) in [5, 5.41) is 5.99. The summed E-state index contributed by atoms with van der Waals surface area (Å²) in [6, 6.07) is 22.9. The van der Waals surface area contributed by atoms with Crippen molar-refractivity contribution in [3.05, 3.63) is 95.0 Å². The van der Waals surface area contributed by atoms with Gasteiger partial charge >= 0.3 is 0 Å². The Labute approximate surface area is 179 Å². The Kier molecular flexibility index (Phi) is 6.59. The number of hydrogen-bond acceptors (Lipinski definition) is 3. The molecule has 3 aromatic carbocycles. The van der Waals surface area contributed by atoms with Gasteiger partial charge in [0.2, 0.25) is 0 Å². The summed E-state index contributed by atoms with van der Waals surface area (Å²) in [5.74, 6) is -0.526. The van der Waals surface area contributed by atoms with Crippen LogP contribution in [0.5, 0.6) is 0 Å². The topological polar surface area (TPSA) is 61.4 Å². The molecule has 5 nitrogen and oxygen atoms in total. The largest absolute Gasteiger partial charge is 0.332 e. The molecule has 0 bridgehead atoms. The lowest BCUT2D eigenvalue weighted by atomic mass is 10.1. The number of carbonyl (C=O) groups excluding carboxylic acids is 2. The van der Waals surface area contributed by atoms with Gasteiger partial charge in [0.1, 0.15) is 0 Å². The molecule has 0 aromatic heterocycles. The highest BCUT2D eigenvalue weighted by molar-refractivity contribution is 7.80. The molecule has 0 unspecified atom stereocenters. The van der Waals surface area contributed by atoms with Crippen LogP contribution in [0.25, 0.3) is 0 Å². The molecule has 0 spiro atoms. The van der Waals surface area contributed by atoms with Crippen molar-refractivity contribution < 1.29 is 9.59 Å². The normalized spacial score (nSPS) is 10.1. The van der Waals surface area contributed by atoms with Gasteiger partial charge in [-0.1, -0.05) is 41.9 Å². The minimum atomic E-state index is -0.399. The van der Waals surface area contributed by atoms with Gasteiger partial charge in [0.25, 0.3) is 11.8 Å². The highest BCUT2D eigenvalue weighted by atomic mass is 35.5. The molecule has 0 radical (unpaired) electrons. The molecule has 3 rings (SSSR count). The van der Waals surface area contributed by atoms with E-state index in [1.165, 1.54) is 0 Å². The van der Waals surface area contributed by atoms with E-state index < -0.39 is 5.91 Å². The molecule has 0 saturated heterocycles. The van der Waals surface area contributed by atoms with E-state index in [2.05, 4.69) is 10.6 Å². The van der Waals surface area contributed by atoms with Gasteiger partial charge in [-0.3, -0.25) is 14.9 Å². The molecule has 7 heteroatoms. The molecular formula is C22H18ClN3O2S. The number of hydrogen-bond donors (Lipinski definition) is 2. The van der Waals surface area contributed by atoms with E-state index in [-0.39, 0.29) is 11.0 Å². The molecule has 0 atom stereocenters. The van der Waals surface area contributed by atoms with Crippen molar-refractivity contribution in [3.63, 3.8) is 0 Å². The van der Waals surface area contributed by atoms with Crippen LogP contribution in [0.4, 0.5) is 11.4 Å². The highest BCUT2D eigenvalue weighted by Crippen LogP contribution is 2.17. The zero-order valence-corrected chi connectivity index (χ0v) is 17.1. The second-order valence-corrected chi connectivity index (χ2v) is 6.98. The SMILES string of the molecule is CN(C(=O)c1ccc(NC(=S)NC(=O)c2ccccc2Cl)cc1)c1ccccc1. The first-order valence-corrected chi connectivity index (χ1v) is 9.54. The summed E-state index contributed by atoms with van der Waals surface area (Å²) in [6.07, 6.45) is 0. The summed E-state index contributed by atoms with van der Waals surface area (Å²) < 4.78 is 0. The second kappa shape index (κ2) is 9.32. The van der Waals surface area contributed by atoms with Gasteiger partial charge in [-0.05, 0) is 60.7 Å². The standard InChI is InChI=1S/C22H18ClN3O2S/c1-26(17-7-3-2-4-8-17)21(28)15-11-13-16(14-12-15)24-22(29)25-20(27)18-9-5-6-10-19(18)23/h2-14H,1H3,(H2,24,25,27,29). The van der Waals surface area contributed by atoms with Gasteiger partial charge in [-0.2, -0.15) is 0 Å². The van der Waals surface area contributed by atoms with Crippen LogP contribution >= 0.6 is 23.8 Å². The van der Waals surface area contributed by atoms with Crippen molar-refractivity contribution in [1.29, 1.82) is 0 Å². The molecular weight excluding hydrogens is 406 g/mol. The van der Waals surface area contributed by atoms with E-state index in [0.29, 0.717) is 21.8 Å². The molecule has 0 aliphatic carbocycles. The summed E-state index contributed by atoms with van der Waals surface area (Å²) in [5.41, 5.74) is 2.33. The molecule has 0 fully saturated rings. The molecule has 3 aromatic rings. The molecule has 146 valence electrons. The summed E-state index contributed by atoms with van der Waals surface area (Å²) >= 11 is 11.2. The Morgan fingerprint density at radius 3 is 2.17 bits per heavy atom. The van der Waals surface area contributed by atoms with E-state index in [4.69, 9.17) is 23.8 Å². The van der Waals surface area contributed by atoms with Crippen LogP contribution in [0.2, 0.25) is 5.02 Å². The predicted molar refractivity (Wildman–Crippen MR) is 121 cm³/mol. The van der Waals surface area contributed by atoms with Crippen LogP contribution in [-0.4, -0.2) is 24.0 Å². The van der Waals surface area contributed by atoms with E-state index in [1.807, 2.05) is 30.3 Å². The monoisotopic (exact) mass is 423 g/mol. The fourth-order valence-electron chi connectivity index (χ4n) is 2.64. The van der Waals surface area contributed by atoms with Gasteiger partial charge in [-0.25, -0.2) is 0 Å². The fraction of sp³-hybridized carbons (Fsp3) is 0.0455. The van der Waals surface area contributed by atoms with Crippen molar-refractivity contribution in [2.24, 2.45) is 0 Å². The molecule has 29 heavy (non-hydrogen) atoms. The molecule has 0 saturated carbocycles. The minimum absolute atomic E-state index is 0.127. The maximum atomic E-state index is 12.6. The first-order chi connectivity index (χ1) is 14.0. The third-order valence-corrected chi connectivity index (χ3v) is 4.72. The minimum Gasteiger partial charge on any atom is -0.332 e. The van der Waals surface area contributed by atoms with Gasteiger partial charge < -0.3 is 10.2 Å². The zero-order chi connectivity index (χ0) is 20.8. The molecule has 2 amide bonds. The van der Waals surface area contributed by atoms with E-state index in [9.17, 15) is 9.59 Å². The van der Waals surface area contributed by atoms with Crippen molar-refractivity contribution in [2.45, 2.75) is 0 Å². The maximum Gasteiger partial charge on any atom is 0.258 e. The Balaban J connectivity index is 1.61. The van der Waals surface area contributed by atoms with Crippen LogP contribution in [-0.2, 0) is 0 Å². The number of benzene rings is 3. The Morgan fingerprint density at radius 1 is 0.897 bits per heavy atom. The van der Waals surface area contributed by atoms with Crippen LogP contribution in [0, 0.1) is 0 Å². The van der Waals surface area contributed by atoms with Gasteiger partial charge in [0.05, 0.1) is 10.6 Å². The second-order valence-electron chi connectivity index (χ2n) is 6.17. The smallest absolute Gasteiger partial charge is 0.258 e. The number of para-hydroxylation sites is 1. The number of halogens is 1. The third kappa shape index (κ3) is 5.19. The fourth-order valence-corrected chi connectivity index (χ4v) is 3.07. The van der Waals surface area contributed by atoms with Crippen molar-refractivity contribution in [3.8, 4) is 0 Å². The van der Waals surface area contributed by atoms with Crippen LogP contribution < -0.4 is 15.5 Å². The van der Waals surface area contributed by atoms with Crippen LogP contribution in [0.15, 0.2) is 78.9 Å². The zero-order valence-electron chi connectivity index (χ0n) is 15.6. The lowest BCUT2D eigenvalue weighted by Gasteiger charge is -2.17. The maximum absolute atomic E-state index is 12.6. The highest BCUT2D eigenvalue weighted by Gasteiger charge is 2.14. The average Bonchev–Trinajstić information content (AvgIpc) is 2.74. The molecule has 0 heterocycles.